The van der Waals surface area contributed by atoms with E-state index in [1.807, 2.05) is 6.08 Å². The summed E-state index contributed by atoms with van der Waals surface area (Å²) in [7, 11) is -2.72. The molecule has 2 aromatic heterocycles. The minimum absolute atomic E-state index is 0.125. The second-order valence-electron chi connectivity index (χ2n) is 7.66. The summed E-state index contributed by atoms with van der Waals surface area (Å²) in [4.78, 5) is 20.2. The summed E-state index contributed by atoms with van der Waals surface area (Å²) >= 11 is 0. The van der Waals surface area contributed by atoms with Crippen molar-refractivity contribution >= 4 is 33.3 Å². The van der Waals surface area contributed by atoms with E-state index >= 15 is 0 Å². The molecule has 0 amide bonds. The molecule has 2 aliphatic rings. The Balaban J connectivity index is 1.48. The van der Waals surface area contributed by atoms with Crippen LogP contribution in [0.1, 0.15) is 25.3 Å². The Morgan fingerprint density at radius 3 is 2.87 bits per heavy atom. The van der Waals surface area contributed by atoms with Gasteiger partial charge in [0, 0.05) is 12.0 Å². The van der Waals surface area contributed by atoms with Gasteiger partial charge >= 0.3 is 16.3 Å². The third-order valence-electron chi connectivity index (χ3n) is 5.60. The van der Waals surface area contributed by atoms with E-state index in [-0.39, 0.29) is 30.6 Å². The second kappa shape index (κ2) is 8.45. The number of carbonyl (C=O) groups excluding carboxylic acids is 1. The Bertz CT molecular complexity index is 1100. The van der Waals surface area contributed by atoms with Crippen LogP contribution in [0.2, 0.25) is 0 Å². The van der Waals surface area contributed by atoms with E-state index in [1.54, 1.807) is 10.8 Å². The average Bonchev–Trinajstić information content (AvgIpc) is 3.44. The molecular weight excluding hydrogens is 430 g/mol. The van der Waals surface area contributed by atoms with Crippen LogP contribution in [0.15, 0.2) is 18.5 Å². The van der Waals surface area contributed by atoms with Crippen molar-refractivity contribution in [2.24, 2.45) is 17.0 Å². The molecule has 3 unspecified atom stereocenters. The number of nitrogens with zero attached hydrogens (tertiary/aromatic N) is 5. The lowest BCUT2D eigenvalue weighted by Gasteiger charge is -2.14. The Morgan fingerprint density at radius 2 is 2.13 bits per heavy atom. The van der Waals surface area contributed by atoms with Crippen molar-refractivity contribution in [3.8, 4) is 0 Å². The number of nitrogens with two attached hydrogens (primary N) is 1. The summed E-state index contributed by atoms with van der Waals surface area (Å²) in [5, 5.41) is 26.8. The molecule has 0 saturated heterocycles. The number of aliphatic hydroxyl groups is 1. The van der Waals surface area contributed by atoms with E-state index in [9.17, 15) is 18.3 Å². The van der Waals surface area contributed by atoms with Gasteiger partial charge in [0.15, 0.2) is 17.0 Å². The molecule has 4 N–H and O–H groups in total. The molecule has 1 fully saturated rings. The largest absolute Gasteiger partial charge is 0.469 e. The molecule has 2 aliphatic carbocycles. The van der Waals surface area contributed by atoms with Gasteiger partial charge in [-0.05, 0) is 19.3 Å². The molecule has 0 bridgehead atoms. The van der Waals surface area contributed by atoms with Crippen LogP contribution >= 0.6 is 0 Å². The second-order valence-corrected chi connectivity index (χ2v) is 8.88. The van der Waals surface area contributed by atoms with E-state index in [0.29, 0.717) is 36.2 Å². The predicted octanol–water partition coefficient (Wildman–Crippen LogP) is -0.717. The number of nitrogens with one attached hydrogen (secondary N) is 1. The molecule has 168 valence electrons. The zero-order chi connectivity index (χ0) is 22.2. The van der Waals surface area contributed by atoms with E-state index < -0.39 is 22.3 Å². The number of fused-ring (bicyclic) bond motifs is 1. The van der Waals surface area contributed by atoms with Crippen LogP contribution in [0.4, 0.5) is 5.82 Å². The maximum atomic E-state index is 11.7. The molecule has 14 heteroatoms. The third kappa shape index (κ3) is 4.66. The summed E-state index contributed by atoms with van der Waals surface area (Å²) < 4.78 is 33.1. The molecule has 1 saturated carbocycles. The Morgan fingerprint density at radius 1 is 1.32 bits per heavy atom. The molecule has 0 radical (unpaired) electrons. The molecule has 2 heterocycles. The molecule has 5 atom stereocenters. The number of hydrogen-bond acceptors (Lipinski definition) is 11. The predicted molar refractivity (Wildman–Crippen MR) is 107 cm³/mol. The number of anilines is 1. The molecule has 31 heavy (non-hydrogen) atoms. The number of aromatic nitrogens is 5. The van der Waals surface area contributed by atoms with Crippen molar-refractivity contribution in [2.75, 3.05) is 19.0 Å². The van der Waals surface area contributed by atoms with Crippen molar-refractivity contribution in [3.63, 3.8) is 0 Å². The van der Waals surface area contributed by atoms with Gasteiger partial charge < -0.3 is 15.2 Å². The smallest absolute Gasteiger partial charge is 0.333 e. The van der Waals surface area contributed by atoms with Crippen LogP contribution in [-0.4, -0.2) is 70.3 Å². The van der Waals surface area contributed by atoms with E-state index in [2.05, 4.69) is 29.8 Å². The highest BCUT2D eigenvalue weighted by Crippen LogP contribution is 2.36. The lowest BCUT2D eigenvalue weighted by atomic mass is 10.1. The van der Waals surface area contributed by atoms with Crippen molar-refractivity contribution in [1.82, 2.24) is 25.0 Å². The van der Waals surface area contributed by atoms with Crippen molar-refractivity contribution in [3.05, 3.63) is 18.5 Å². The van der Waals surface area contributed by atoms with Crippen molar-refractivity contribution < 1.29 is 27.2 Å². The highest BCUT2D eigenvalue weighted by Gasteiger charge is 2.36. The first-order chi connectivity index (χ1) is 14.7. The van der Waals surface area contributed by atoms with Gasteiger partial charge in [-0.25, -0.2) is 19.8 Å². The highest BCUT2D eigenvalue weighted by molar-refractivity contribution is 7.84. The fraction of sp³-hybridized carbons (Fsp3) is 0.588. The number of carbonyl (C=O) groups is 1. The summed E-state index contributed by atoms with van der Waals surface area (Å²) in [5.74, 6) is -0.544. The molecular formula is C17H23N7O6S. The molecule has 4 rings (SSSR count). The Labute approximate surface area is 177 Å². The molecule has 13 nitrogen and oxygen atoms in total. The minimum atomic E-state index is -4.08. The van der Waals surface area contributed by atoms with Gasteiger partial charge in [0.2, 0.25) is 0 Å². The van der Waals surface area contributed by atoms with Crippen molar-refractivity contribution in [1.29, 1.82) is 0 Å². The first-order valence-electron chi connectivity index (χ1n) is 9.69. The lowest BCUT2D eigenvalue weighted by Crippen LogP contribution is -2.24. The van der Waals surface area contributed by atoms with Crippen LogP contribution in [-0.2, 0) is 24.0 Å². The summed E-state index contributed by atoms with van der Waals surface area (Å²) in [6, 6.07) is -0.368. The number of esters is 1. The Kier molecular flexibility index (Phi) is 5.88. The van der Waals surface area contributed by atoms with Crippen LogP contribution < -0.4 is 10.5 Å². The quantitative estimate of drug-likeness (QED) is 0.355. The average molecular weight is 453 g/mol. The maximum Gasteiger partial charge on any atom is 0.333 e. The zero-order valence-corrected chi connectivity index (χ0v) is 17.5. The van der Waals surface area contributed by atoms with Crippen LogP contribution in [0.25, 0.3) is 11.2 Å². The maximum absolute atomic E-state index is 11.7. The normalized spacial score (nSPS) is 28.3. The highest BCUT2D eigenvalue weighted by atomic mass is 32.2. The first-order valence-corrected chi connectivity index (χ1v) is 11.2. The van der Waals surface area contributed by atoms with Gasteiger partial charge in [0.25, 0.3) is 0 Å². The van der Waals surface area contributed by atoms with E-state index in [4.69, 9.17) is 9.88 Å². The summed E-state index contributed by atoms with van der Waals surface area (Å²) in [6.45, 7) is -0.208. The standard InChI is InChI=1S/C17H23N7O6S/c1-29-17(26)9-2-3-11(4-9)21-15-14-16(20-8-19-15)24(23-22-14)12-5-10(13(25)6-12)7-30-31(18,27)28/h2-3,8-13,25H,4-7H2,1H3,(H2,18,27,28)(H,19,20,21)/t9-,10?,11+,12?,13?/m0/s1. The van der Waals surface area contributed by atoms with Gasteiger partial charge in [-0.1, -0.05) is 17.4 Å². The van der Waals surface area contributed by atoms with Gasteiger partial charge in [-0.3, -0.25) is 8.98 Å². The van der Waals surface area contributed by atoms with Gasteiger partial charge in [-0.2, -0.15) is 8.42 Å². The summed E-state index contributed by atoms with van der Waals surface area (Å²) in [5.41, 5.74) is 0.936. The van der Waals surface area contributed by atoms with Gasteiger partial charge in [-0.15, -0.1) is 5.10 Å². The fourth-order valence-corrected chi connectivity index (χ4v) is 4.42. The van der Waals surface area contributed by atoms with E-state index in [1.165, 1.54) is 13.4 Å². The number of aliphatic hydroxyl groups excluding tert-OH is 1. The zero-order valence-electron chi connectivity index (χ0n) is 16.7. The number of ether oxygens (including phenoxy) is 1. The Hall–Kier alpha value is -2.68. The van der Waals surface area contributed by atoms with Gasteiger partial charge in [0.1, 0.15) is 6.33 Å². The minimum Gasteiger partial charge on any atom is -0.469 e. The lowest BCUT2D eigenvalue weighted by molar-refractivity contribution is -0.143. The molecule has 2 aromatic rings. The number of methoxy groups -OCH3 is 1. The fourth-order valence-electron chi connectivity index (χ4n) is 4.06. The third-order valence-corrected chi connectivity index (χ3v) is 6.06. The van der Waals surface area contributed by atoms with Gasteiger partial charge in [0.05, 0.1) is 31.8 Å². The first kappa shape index (κ1) is 21.5. The SMILES string of the molecule is COC(=O)[C@H]1C=C[C@@H](Nc2ncnc3c2nnn3C2CC(O)C(COS(N)(=O)=O)C2)C1. The van der Waals surface area contributed by atoms with E-state index in [0.717, 1.165) is 0 Å². The monoisotopic (exact) mass is 453 g/mol. The summed E-state index contributed by atoms with van der Waals surface area (Å²) in [6.07, 6.45) is 5.58. The molecule has 0 aromatic carbocycles. The molecule has 0 aliphatic heterocycles. The van der Waals surface area contributed by atoms with Crippen molar-refractivity contribution in [2.45, 2.75) is 37.5 Å². The number of hydrogen-bond donors (Lipinski definition) is 3. The number of rotatable bonds is 7. The van der Waals surface area contributed by atoms with Crippen LogP contribution in [0, 0.1) is 11.8 Å². The van der Waals surface area contributed by atoms with Crippen LogP contribution in [0.3, 0.4) is 0 Å². The molecule has 0 spiro atoms. The van der Waals surface area contributed by atoms with Crippen LogP contribution in [0.5, 0.6) is 0 Å². The topological polar surface area (TPSA) is 184 Å².